The second-order valence-electron chi connectivity index (χ2n) is 6.66. The molecule has 29 heavy (non-hydrogen) atoms. The molecule has 2 N–H and O–H groups in total. The summed E-state index contributed by atoms with van der Waals surface area (Å²) in [4.78, 5) is 50.0. The SMILES string of the molecule is CCOc1ccccc1NC(=O)[C@@H](C)OC(=O)CN1C(=O)NC(CC)(CC)C1=O. The van der Waals surface area contributed by atoms with Gasteiger partial charge in [-0.2, -0.15) is 0 Å². The number of carbonyl (C=O) groups is 4. The van der Waals surface area contributed by atoms with Crippen LogP contribution in [0.25, 0.3) is 0 Å². The molecule has 0 aliphatic carbocycles. The number of esters is 1. The van der Waals surface area contributed by atoms with Crippen molar-refractivity contribution < 1.29 is 28.7 Å². The van der Waals surface area contributed by atoms with Gasteiger partial charge in [-0.15, -0.1) is 0 Å². The molecule has 158 valence electrons. The molecule has 9 heteroatoms. The quantitative estimate of drug-likeness (QED) is 0.480. The van der Waals surface area contributed by atoms with Crippen LogP contribution in [-0.4, -0.2) is 53.5 Å². The second-order valence-corrected chi connectivity index (χ2v) is 6.66. The molecule has 1 saturated heterocycles. The number of ether oxygens (including phenoxy) is 2. The summed E-state index contributed by atoms with van der Waals surface area (Å²) >= 11 is 0. The van der Waals surface area contributed by atoms with E-state index in [2.05, 4.69) is 10.6 Å². The number of amides is 4. The Labute approximate surface area is 169 Å². The second kappa shape index (κ2) is 9.40. The molecule has 2 rings (SSSR count). The van der Waals surface area contributed by atoms with Crippen molar-refractivity contribution in [1.29, 1.82) is 0 Å². The molecule has 0 spiro atoms. The molecule has 0 saturated carbocycles. The van der Waals surface area contributed by atoms with E-state index in [0.717, 1.165) is 4.90 Å². The minimum atomic E-state index is -1.12. The van der Waals surface area contributed by atoms with Gasteiger partial charge in [-0.25, -0.2) is 4.79 Å². The molecule has 9 nitrogen and oxygen atoms in total. The van der Waals surface area contributed by atoms with Gasteiger partial charge in [0.05, 0.1) is 12.3 Å². The minimum absolute atomic E-state index is 0.414. The van der Waals surface area contributed by atoms with E-state index in [9.17, 15) is 19.2 Å². The van der Waals surface area contributed by atoms with Crippen LogP contribution in [0.1, 0.15) is 40.5 Å². The summed E-state index contributed by atoms with van der Waals surface area (Å²) < 4.78 is 10.6. The van der Waals surface area contributed by atoms with Crippen molar-refractivity contribution in [3.63, 3.8) is 0 Å². The number of urea groups is 1. The highest BCUT2D eigenvalue weighted by Crippen LogP contribution is 2.25. The van der Waals surface area contributed by atoms with Crippen molar-refractivity contribution in [2.75, 3.05) is 18.5 Å². The Morgan fingerprint density at radius 2 is 1.83 bits per heavy atom. The van der Waals surface area contributed by atoms with E-state index < -0.39 is 42.0 Å². The fraction of sp³-hybridized carbons (Fsp3) is 0.500. The standard InChI is InChI=1S/C20H27N3O6/c1-5-20(6-2)18(26)23(19(27)22-20)12-16(24)29-13(4)17(25)21-14-10-8-9-11-15(14)28-7-3/h8-11,13H,5-7,12H2,1-4H3,(H,21,25)(H,22,27)/t13-/m1/s1. The van der Waals surface area contributed by atoms with Crippen LogP contribution in [0.2, 0.25) is 0 Å². The van der Waals surface area contributed by atoms with Crippen LogP contribution in [0.15, 0.2) is 24.3 Å². The Balaban J connectivity index is 1.96. The monoisotopic (exact) mass is 405 g/mol. The molecule has 0 aromatic heterocycles. The number of para-hydroxylation sites is 2. The van der Waals surface area contributed by atoms with Gasteiger partial charge in [0.25, 0.3) is 11.8 Å². The molecule has 0 bridgehead atoms. The molecule has 1 fully saturated rings. The zero-order valence-corrected chi connectivity index (χ0v) is 17.1. The number of carbonyl (C=O) groups excluding carboxylic acids is 4. The minimum Gasteiger partial charge on any atom is -0.492 e. The van der Waals surface area contributed by atoms with Gasteiger partial charge in [0.2, 0.25) is 0 Å². The van der Waals surface area contributed by atoms with Gasteiger partial charge < -0.3 is 20.1 Å². The number of hydrogen-bond acceptors (Lipinski definition) is 6. The number of nitrogens with one attached hydrogen (secondary N) is 2. The lowest BCUT2D eigenvalue weighted by atomic mass is 9.93. The lowest BCUT2D eigenvalue weighted by molar-refractivity contribution is -0.155. The van der Waals surface area contributed by atoms with Crippen LogP contribution >= 0.6 is 0 Å². The van der Waals surface area contributed by atoms with Crippen LogP contribution in [0.5, 0.6) is 5.75 Å². The predicted molar refractivity (Wildman–Crippen MR) is 105 cm³/mol. The number of anilines is 1. The third-order valence-corrected chi connectivity index (χ3v) is 4.86. The summed E-state index contributed by atoms with van der Waals surface area (Å²) in [6.45, 7) is 6.68. The highest BCUT2D eigenvalue weighted by molar-refractivity contribution is 6.08. The Morgan fingerprint density at radius 1 is 1.17 bits per heavy atom. The Morgan fingerprint density at radius 3 is 2.41 bits per heavy atom. The number of rotatable bonds is 9. The van der Waals surface area contributed by atoms with Crippen molar-refractivity contribution in [3.05, 3.63) is 24.3 Å². The zero-order valence-electron chi connectivity index (χ0n) is 17.1. The molecule has 1 aliphatic heterocycles. The molecule has 4 amide bonds. The van der Waals surface area contributed by atoms with E-state index in [0.29, 0.717) is 30.9 Å². The average Bonchev–Trinajstić information content (AvgIpc) is 2.94. The van der Waals surface area contributed by atoms with Gasteiger partial charge in [-0.05, 0) is 38.8 Å². The Kier molecular flexibility index (Phi) is 7.19. The zero-order chi connectivity index (χ0) is 21.6. The van der Waals surface area contributed by atoms with Gasteiger partial charge in [0, 0.05) is 0 Å². The third kappa shape index (κ3) is 4.85. The van der Waals surface area contributed by atoms with Crippen LogP contribution < -0.4 is 15.4 Å². The first-order chi connectivity index (χ1) is 13.8. The number of benzene rings is 1. The number of nitrogens with zero attached hydrogens (tertiary/aromatic N) is 1. The normalized spacial score (nSPS) is 16.2. The van der Waals surface area contributed by atoms with Crippen LogP contribution in [0, 0.1) is 0 Å². The fourth-order valence-corrected chi connectivity index (χ4v) is 3.05. The molecule has 1 aliphatic rings. The molecule has 1 atom stereocenters. The van der Waals surface area contributed by atoms with E-state index >= 15 is 0 Å². The van der Waals surface area contributed by atoms with Crippen molar-refractivity contribution in [2.24, 2.45) is 0 Å². The molecule has 0 radical (unpaired) electrons. The van der Waals surface area contributed by atoms with E-state index in [1.807, 2.05) is 6.92 Å². The van der Waals surface area contributed by atoms with E-state index in [1.54, 1.807) is 38.1 Å². The predicted octanol–water partition coefficient (Wildman–Crippen LogP) is 2.07. The summed E-state index contributed by atoms with van der Waals surface area (Å²) in [5, 5.41) is 5.28. The summed E-state index contributed by atoms with van der Waals surface area (Å²) in [6.07, 6.45) is -0.296. The van der Waals surface area contributed by atoms with Crippen molar-refractivity contribution in [1.82, 2.24) is 10.2 Å². The van der Waals surface area contributed by atoms with Crippen LogP contribution in [0.3, 0.4) is 0 Å². The number of imide groups is 1. The van der Waals surface area contributed by atoms with Gasteiger partial charge in [-0.3, -0.25) is 19.3 Å². The first-order valence-corrected chi connectivity index (χ1v) is 9.64. The molecular weight excluding hydrogens is 378 g/mol. The maximum Gasteiger partial charge on any atom is 0.327 e. The van der Waals surface area contributed by atoms with E-state index in [1.165, 1.54) is 6.92 Å². The first-order valence-electron chi connectivity index (χ1n) is 9.64. The van der Waals surface area contributed by atoms with Crippen molar-refractivity contribution >= 4 is 29.5 Å². The molecule has 1 aromatic rings. The summed E-state index contributed by atoms with van der Waals surface area (Å²) in [5.41, 5.74) is -0.546. The third-order valence-electron chi connectivity index (χ3n) is 4.86. The molecule has 1 heterocycles. The van der Waals surface area contributed by atoms with Crippen LogP contribution in [-0.2, 0) is 19.1 Å². The largest absolute Gasteiger partial charge is 0.492 e. The topological polar surface area (TPSA) is 114 Å². The molecular formula is C20H27N3O6. The fourth-order valence-electron chi connectivity index (χ4n) is 3.05. The van der Waals surface area contributed by atoms with Crippen molar-refractivity contribution in [3.8, 4) is 5.75 Å². The summed E-state index contributed by atoms with van der Waals surface area (Å²) in [7, 11) is 0. The lowest BCUT2D eigenvalue weighted by Gasteiger charge is -2.23. The molecule has 1 aromatic carbocycles. The maximum atomic E-state index is 12.5. The van der Waals surface area contributed by atoms with Gasteiger partial charge in [0.1, 0.15) is 17.8 Å². The van der Waals surface area contributed by atoms with E-state index in [-0.39, 0.29) is 0 Å². The smallest absolute Gasteiger partial charge is 0.327 e. The Hall–Kier alpha value is -3.10. The first kappa shape index (κ1) is 22.2. The average molecular weight is 405 g/mol. The number of hydrogen-bond donors (Lipinski definition) is 2. The van der Waals surface area contributed by atoms with Gasteiger partial charge in [0.15, 0.2) is 6.10 Å². The Bertz CT molecular complexity index is 790. The van der Waals surface area contributed by atoms with Crippen molar-refractivity contribution in [2.45, 2.75) is 52.2 Å². The highest BCUT2D eigenvalue weighted by Gasteiger charge is 2.49. The van der Waals surface area contributed by atoms with E-state index in [4.69, 9.17) is 9.47 Å². The lowest BCUT2D eigenvalue weighted by Crippen LogP contribution is -2.46. The summed E-state index contributed by atoms with van der Waals surface area (Å²) in [6, 6.07) is 6.24. The van der Waals surface area contributed by atoms with Gasteiger partial charge in [-0.1, -0.05) is 26.0 Å². The van der Waals surface area contributed by atoms with Crippen LogP contribution in [0.4, 0.5) is 10.5 Å². The highest BCUT2D eigenvalue weighted by atomic mass is 16.5. The maximum absolute atomic E-state index is 12.5. The summed E-state index contributed by atoms with van der Waals surface area (Å²) in [5.74, 6) is -1.37. The molecule has 0 unspecified atom stereocenters. The van der Waals surface area contributed by atoms with Gasteiger partial charge >= 0.3 is 12.0 Å².